The minimum Gasteiger partial charge on any atom is -0.462 e. The summed E-state index contributed by atoms with van der Waals surface area (Å²) in [5, 5.41) is 0. The van der Waals surface area contributed by atoms with Gasteiger partial charge >= 0.3 is 19.8 Å². The number of carbonyl (C=O) groups excluding carboxylic acids is 2. The van der Waals surface area contributed by atoms with E-state index in [1.165, 1.54) is 161 Å². The lowest BCUT2D eigenvalue weighted by Gasteiger charge is -2.19. The van der Waals surface area contributed by atoms with Crippen molar-refractivity contribution in [3.8, 4) is 0 Å². The number of ether oxygens (including phenoxy) is 2. The predicted octanol–water partition coefficient (Wildman–Crippen LogP) is 18.0. The van der Waals surface area contributed by atoms with Crippen LogP contribution in [0.1, 0.15) is 271 Å². The van der Waals surface area contributed by atoms with Crippen LogP contribution in [0.4, 0.5) is 0 Å². The first kappa shape index (κ1) is 66.7. The summed E-state index contributed by atoms with van der Waals surface area (Å²) in [5.41, 5.74) is 5.38. The van der Waals surface area contributed by atoms with E-state index in [1.807, 2.05) is 0 Å². The van der Waals surface area contributed by atoms with E-state index in [-0.39, 0.29) is 38.6 Å². The molecule has 9 nitrogen and oxygen atoms in total. The predicted molar refractivity (Wildman–Crippen MR) is 293 cm³/mol. The molecule has 2 unspecified atom stereocenters. The van der Waals surface area contributed by atoms with Gasteiger partial charge in [-0.25, -0.2) is 4.57 Å². The smallest absolute Gasteiger partial charge is 0.462 e. The van der Waals surface area contributed by atoms with Crippen molar-refractivity contribution in [1.82, 2.24) is 0 Å². The molecule has 0 fully saturated rings. The number of phosphoric ester groups is 1. The van der Waals surface area contributed by atoms with Crippen molar-refractivity contribution in [2.75, 3.05) is 26.4 Å². The Morgan fingerprint density at radius 2 is 0.797 bits per heavy atom. The molecule has 0 spiro atoms. The second kappa shape index (κ2) is 55.0. The van der Waals surface area contributed by atoms with Crippen LogP contribution in [-0.2, 0) is 32.7 Å². The number of hydrogen-bond donors (Lipinski definition) is 2. The number of rotatable bonds is 54. The first-order valence-corrected chi connectivity index (χ1v) is 30.3. The number of esters is 2. The quantitative estimate of drug-likeness (QED) is 0.0264. The maximum absolute atomic E-state index is 12.7. The normalized spacial score (nSPS) is 13.5. The molecule has 0 bridgehead atoms. The lowest BCUT2D eigenvalue weighted by atomic mass is 10.0. The van der Waals surface area contributed by atoms with Crippen molar-refractivity contribution in [2.45, 2.75) is 277 Å². The van der Waals surface area contributed by atoms with Crippen molar-refractivity contribution in [2.24, 2.45) is 5.73 Å². The van der Waals surface area contributed by atoms with Gasteiger partial charge in [-0.15, -0.1) is 0 Å². The monoisotopic (exact) mass is 990 g/mol. The topological polar surface area (TPSA) is 134 Å². The van der Waals surface area contributed by atoms with Crippen LogP contribution in [0.2, 0.25) is 0 Å². The van der Waals surface area contributed by atoms with Gasteiger partial charge in [0.1, 0.15) is 6.61 Å². The highest BCUT2D eigenvalue weighted by Crippen LogP contribution is 2.43. The van der Waals surface area contributed by atoms with Gasteiger partial charge in [0.05, 0.1) is 13.2 Å². The molecule has 69 heavy (non-hydrogen) atoms. The standard InChI is InChI=1S/C59H108NO8P/c1-3-5-7-9-11-13-15-17-19-21-22-23-24-25-26-27-28-29-30-31-32-33-34-36-38-40-42-44-46-48-50-52-59(62)68-57(56-67-69(63,64)66-54-53-60)55-65-58(61)51-49-47-45-43-41-39-37-35-20-18-16-14-12-10-8-6-4-2/h5,7,11,13,17-20,22-23,57H,3-4,6,8-10,12,14-16,21,24-56,60H2,1-2H3,(H,63,64)/b7-5-,13-11-,19-17-,20-18-,23-22-. The number of allylic oxidation sites excluding steroid dienone is 10. The molecular formula is C59H108NO8P. The van der Waals surface area contributed by atoms with Gasteiger partial charge in [0.2, 0.25) is 0 Å². The highest BCUT2D eigenvalue weighted by atomic mass is 31.2. The number of phosphoric acid groups is 1. The molecule has 0 aromatic carbocycles. The van der Waals surface area contributed by atoms with Crippen molar-refractivity contribution < 1.29 is 37.6 Å². The third kappa shape index (κ3) is 54.9. The highest BCUT2D eigenvalue weighted by Gasteiger charge is 2.26. The Hall–Kier alpha value is -2.29. The number of carbonyl (C=O) groups is 2. The van der Waals surface area contributed by atoms with Crippen LogP contribution in [0.15, 0.2) is 60.8 Å². The Balaban J connectivity index is 3.91. The fraction of sp³-hybridized carbons (Fsp3) is 0.797. The second-order valence-electron chi connectivity index (χ2n) is 19.1. The summed E-state index contributed by atoms with van der Waals surface area (Å²) in [4.78, 5) is 35.1. The van der Waals surface area contributed by atoms with Gasteiger partial charge in [-0.2, -0.15) is 0 Å². The van der Waals surface area contributed by atoms with Gasteiger partial charge in [-0.3, -0.25) is 18.6 Å². The van der Waals surface area contributed by atoms with Crippen LogP contribution in [0.25, 0.3) is 0 Å². The summed E-state index contributed by atoms with van der Waals surface area (Å²) < 4.78 is 33.0. The highest BCUT2D eigenvalue weighted by molar-refractivity contribution is 7.47. The average Bonchev–Trinajstić information content (AvgIpc) is 3.34. The Morgan fingerprint density at radius 1 is 0.449 bits per heavy atom. The van der Waals surface area contributed by atoms with Crippen LogP contribution in [0.3, 0.4) is 0 Å². The van der Waals surface area contributed by atoms with E-state index in [9.17, 15) is 19.0 Å². The summed E-state index contributed by atoms with van der Waals surface area (Å²) in [6.07, 6.45) is 68.5. The molecule has 0 saturated heterocycles. The van der Waals surface area contributed by atoms with Gasteiger partial charge in [0.15, 0.2) is 6.10 Å². The summed E-state index contributed by atoms with van der Waals surface area (Å²) in [5.74, 6) is -0.823. The molecule has 0 aliphatic rings. The zero-order chi connectivity index (χ0) is 50.2. The zero-order valence-corrected chi connectivity index (χ0v) is 45.7. The first-order valence-electron chi connectivity index (χ1n) is 28.8. The van der Waals surface area contributed by atoms with Gasteiger partial charge in [0, 0.05) is 19.4 Å². The number of nitrogens with two attached hydrogens (primary N) is 1. The molecule has 0 aromatic rings. The number of unbranched alkanes of at least 4 members (excludes halogenated alkanes) is 31. The lowest BCUT2D eigenvalue weighted by Crippen LogP contribution is -2.29. The van der Waals surface area contributed by atoms with Gasteiger partial charge in [0.25, 0.3) is 0 Å². The maximum atomic E-state index is 12.7. The Labute approximate surface area is 425 Å². The fourth-order valence-electron chi connectivity index (χ4n) is 8.15. The molecule has 0 radical (unpaired) electrons. The summed E-state index contributed by atoms with van der Waals surface area (Å²) in [7, 11) is -4.39. The van der Waals surface area contributed by atoms with Crippen LogP contribution in [0.5, 0.6) is 0 Å². The van der Waals surface area contributed by atoms with Crippen molar-refractivity contribution >= 4 is 19.8 Å². The molecule has 0 aromatic heterocycles. The summed E-state index contributed by atoms with van der Waals surface area (Å²) in [6, 6.07) is 0. The third-order valence-electron chi connectivity index (χ3n) is 12.4. The third-order valence-corrected chi connectivity index (χ3v) is 13.4. The molecule has 0 aliphatic heterocycles. The fourth-order valence-corrected chi connectivity index (χ4v) is 8.92. The average molecular weight is 990 g/mol. The van der Waals surface area contributed by atoms with E-state index in [0.717, 1.165) is 77.0 Å². The Bertz CT molecular complexity index is 1310. The van der Waals surface area contributed by atoms with Crippen LogP contribution in [0, 0.1) is 0 Å². The van der Waals surface area contributed by atoms with Crippen molar-refractivity contribution in [3.63, 3.8) is 0 Å². The molecule has 0 heterocycles. The molecule has 0 aliphatic carbocycles. The van der Waals surface area contributed by atoms with E-state index in [4.69, 9.17) is 24.3 Å². The van der Waals surface area contributed by atoms with Gasteiger partial charge < -0.3 is 20.1 Å². The zero-order valence-electron chi connectivity index (χ0n) is 44.8. The van der Waals surface area contributed by atoms with Crippen LogP contribution in [-0.4, -0.2) is 49.3 Å². The van der Waals surface area contributed by atoms with Crippen LogP contribution < -0.4 is 5.73 Å². The van der Waals surface area contributed by atoms with Crippen LogP contribution >= 0.6 is 7.82 Å². The van der Waals surface area contributed by atoms with Gasteiger partial charge in [-0.05, 0) is 77.0 Å². The molecule has 0 saturated carbocycles. The molecule has 10 heteroatoms. The van der Waals surface area contributed by atoms with E-state index >= 15 is 0 Å². The maximum Gasteiger partial charge on any atom is 0.472 e. The van der Waals surface area contributed by atoms with E-state index in [1.54, 1.807) is 0 Å². The first-order chi connectivity index (χ1) is 33.8. The number of hydrogen-bond acceptors (Lipinski definition) is 8. The van der Waals surface area contributed by atoms with E-state index in [2.05, 4.69) is 74.6 Å². The largest absolute Gasteiger partial charge is 0.472 e. The molecule has 2 atom stereocenters. The Kier molecular flexibility index (Phi) is 53.2. The SMILES string of the molecule is CC/C=C\C/C=C\C/C=C\C/C=C\CCCCCCCCCCCCCCCCCCCCC(=O)OC(COC(=O)CCCCCCCCC/C=C\CCCCCCCC)COP(=O)(O)OCCN. The second-order valence-corrected chi connectivity index (χ2v) is 20.6. The summed E-state index contributed by atoms with van der Waals surface area (Å²) >= 11 is 0. The van der Waals surface area contributed by atoms with E-state index in [0.29, 0.717) is 6.42 Å². The van der Waals surface area contributed by atoms with Crippen molar-refractivity contribution in [3.05, 3.63) is 60.8 Å². The molecule has 402 valence electrons. The molecule has 0 amide bonds. The van der Waals surface area contributed by atoms with Gasteiger partial charge in [-0.1, -0.05) is 242 Å². The minimum absolute atomic E-state index is 0.0528. The molecular weight excluding hydrogens is 882 g/mol. The Morgan fingerprint density at radius 3 is 1.20 bits per heavy atom. The molecule has 3 N–H and O–H groups in total. The summed E-state index contributed by atoms with van der Waals surface area (Å²) in [6.45, 7) is 3.65. The lowest BCUT2D eigenvalue weighted by molar-refractivity contribution is -0.161. The van der Waals surface area contributed by atoms with E-state index < -0.39 is 26.5 Å². The molecule has 0 rings (SSSR count). The van der Waals surface area contributed by atoms with Crippen molar-refractivity contribution in [1.29, 1.82) is 0 Å². The minimum atomic E-state index is -4.39.